The molecule has 0 saturated carbocycles. The van der Waals surface area contributed by atoms with E-state index in [1.165, 1.54) is 20.6 Å². The second kappa shape index (κ2) is 5.63. The van der Waals surface area contributed by atoms with Crippen molar-refractivity contribution in [3.8, 4) is 0 Å². The van der Waals surface area contributed by atoms with E-state index in [0.29, 0.717) is 12.0 Å². The third-order valence-corrected chi connectivity index (χ3v) is 4.69. The molecule has 4 heteroatoms. The van der Waals surface area contributed by atoms with Crippen molar-refractivity contribution < 1.29 is 4.74 Å². The fourth-order valence-electron chi connectivity index (χ4n) is 2.33. The van der Waals surface area contributed by atoms with Crippen LogP contribution in [-0.2, 0) is 4.74 Å². The van der Waals surface area contributed by atoms with Gasteiger partial charge in [-0.2, -0.15) is 0 Å². The molecule has 0 bridgehead atoms. The topological polar surface area (TPSA) is 21.3 Å². The van der Waals surface area contributed by atoms with E-state index in [9.17, 15) is 0 Å². The molecule has 1 aliphatic rings. The van der Waals surface area contributed by atoms with Gasteiger partial charge in [-0.15, -0.1) is 11.3 Å². The largest absolute Gasteiger partial charge is 0.381 e. The Morgan fingerprint density at radius 2 is 2.50 bits per heavy atom. The van der Waals surface area contributed by atoms with Crippen LogP contribution >= 0.6 is 27.3 Å². The van der Waals surface area contributed by atoms with Gasteiger partial charge in [-0.25, -0.2) is 0 Å². The summed E-state index contributed by atoms with van der Waals surface area (Å²) in [7, 11) is 0. The molecular weight excluding hydrogens is 286 g/mol. The summed E-state index contributed by atoms with van der Waals surface area (Å²) in [6.07, 6.45) is 1.17. The lowest BCUT2D eigenvalue weighted by Crippen LogP contribution is -2.28. The predicted octanol–water partition coefficient (Wildman–Crippen LogP) is 3.51. The molecule has 0 radical (unpaired) electrons. The van der Waals surface area contributed by atoms with Crippen LogP contribution in [0, 0.1) is 12.8 Å². The molecule has 1 aromatic rings. The van der Waals surface area contributed by atoms with Gasteiger partial charge in [0.1, 0.15) is 0 Å². The van der Waals surface area contributed by atoms with Crippen molar-refractivity contribution in [1.82, 2.24) is 5.32 Å². The minimum Gasteiger partial charge on any atom is -0.381 e. The summed E-state index contributed by atoms with van der Waals surface area (Å²) in [5, 5.41) is 3.60. The van der Waals surface area contributed by atoms with Crippen molar-refractivity contribution in [2.75, 3.05) is 19.8 Å². The summed E-state index contributed by atoms with van der Waals surface area (Å²) in [5.41, 5.74) is 1.44. The summed E-state index contributed by atoms with van der Waals surface area (Å²) in [6, 6.07) is 2.71. The first-order chi connectivity index (χ1) is 7.72. The smallest absolute Gasteiger partial charge is 0.0704 e. The van der Waals surface area contributed by atoms with Gasteiger partial charge in [-0.05, 0) is 47.4 Å². The number of thiophene rings is 1. The lowest BCUT2D eigenvalue weighted by Gasteiger charge is -2.23. The molecule has 1 aliphatic heterocycles. The molecule has 0 spiro atoms. The van der Waals surface area contributed by atoms with Crippen LogP contribution in [0.15, 0.2) is 9.85 Å². The molecule has 90 valence electrons. The highest BCUT2D eigenvalue weighted by Crippen LogP contribution is 2.36. The van der Waals surface area contributed by atoms with Gasteiger partial charge in [0, 0.05) is 23.4 Å². The van der Waals surface area contributed by atoms with E-state index in [1.807, 2.05) is 11.3 Å². The molecule has 2 atom stereocenters. The lowest BCUT2D eigenvalue weighted by molar-refractivity contribution is 0.177. The monoisotopic (exact) mass is 303 g/mol. The summed E-state index contributed by atoms with van der Waals surface area (Å²) < 4.78 is 6.73. The van der Waals surface area contributed by atoms with Crippen molar-refractivity contribution >= 4 is 27.3 Å². The maximum atomic E-state index is 5.50. The van der Waals surface area contributed by atoms with Gasteiger partial charge in [0.25, 0.3) is 0 Å². The van der Waals surface area contributed by atoms with Crippen molar-refractivity contribution in [2.24, 2.45) is 5.92 Å². The molecule has 1 N–H and O–H groups in total. The van der Waals surface area contributed by atoms with E-state index in [1.54, 1.807) is 0 Å². The maximum Gasteiger partial charge on any atom is 0.0704 e. The summed E-state index contributed by atoms with van der Waals surface area (Å²) in [6.45, 7) is 7.18. The van der Waals surface area contributed by atoms with Gasteiger partial charge < -0.3 is 10.1 Å². The Kier molecular flexibility index (Phi) is 4.41. The molecule has 0 aromatic carbocycles. The number of aryl methyl sites for hydroxylation is 1. The zero-order valence-corrected chi connectivity index (χ0v) is 12.2. The maximum absolute atomic E-state index is 5.50. The minimum atomic E-state index is 0.454. The third-order valence-electron chi connectivity index (χ3n) is 3.12. The SMILES string of the molecule is CCNC(c1cc(Br)sc1C)C1CCOC1. The van der Waals surface area contributed by atoms with Gasteiger partial charge in [0.2, 0.25) is 0 Å². The van der Waals surface area contributed by atoms with E-state index in [-0.39, 0.29) is 0 Å². The Morgan fingerprint density at radius 3 is 3.00 bits per heavy atom. The quantitative estimate of drug-likeness (QED) is 0.919. The molecule has 0 amide bonds. The Labute approximate surface area is 110 Å². The Morgan fingerprint density at radius 1 is 1.69 bits per heavy atom. The summed E-state index contributed by atoms with van der Waals surface area (Å²) in [4.78, 5) is 1.41. The summed E-state index contributed by atoms with van der Waals surface area (Å²) in [5.74, 6) is 0.625. The molecule has 0 aliphatic carbocycles. The van der Waals surface area contributed by atoms with Crippen LogP contribution in [0.2, 0.25) is 0 Å². The van der Waals surface area contributed by atoms with Crippen LogP contribution in [0.25, 0.3) is 0 Å². The van der Waals surface area contributed by atoms with Crippen LogP contribution in [0.3, 0.4) is 0 Å². The number of halogens is 1. The molecule has 1 aromatic heterocycles. The molecule has 2 nitrogen and oxygen atoms in total. The van der Waals surface area contributed by atoms with Gasteiger partial charge in [0.05, 0.1) is 10.4 Å². The van der Waals surface area contributed by atoms with E-state index >= 15 is 0 Å². The van der Waals surface area contributed by atoms with E-state index in [2.05, 4.69) is 41.2 Å². The average molecular weight is 304 g/mol. The molecule has 2 unspecified atom stereocenters. The van der Waals surface area contributed by atoms with E-state index < -0.39 is 0 Å². The lowest BCUT2D eigenvalue weighted by atomic mass is 9.93. The van der Waals surface area contributed by atoms with Crippen LogP contribution in [0.1, 0.15) is 29.8 Å². The van der Waals surface area contributed by atoms with Crippen LogP contribution < -0.4 is 5.32 Å². The molecule has 1 saturated heterocycles. The third kappa shape index (κ3) is 2.67. The second-order valence-electron chi connectivity index (χ2n) is 4.22. The van der Waals surface area contributed by atoms with Crippen molar-refractivity contribution in [3.05, 3.63) is 20.3 Å². The first-order valence-corrected chi connectivity index (χ1v) is 7.40. The van der Waals surface area contributed by atoms with Crippen LogP contribution in [-0.4, -0.2) is 19.8 Å². The van der Waals surface area contributed by atoms with E-state index in [0.717, 1.165) is 19.8 Å². The summed E-state index contributed by atoms with van der Waals surface area (Å²) >= 11 is 5.39. The van der Waals surface area contributed by atoms with Gasteiger partial charge in [-0.1, -0.05) is 6.92 Å². The predicted molar refractivity (Wildman–Crippen MR) is 72.1 cm³/mol. The normalized spacial score (nSPS) is 22.6. The number of hydrogen-bond donors (Lipinski definition) is 1. The van der Waals surface area contributed by atoms with E-state index in [4.69, 9.17) is 4.74 Å². The zero-order chi connectivity index (χ0) is 11.5. The molecule has 1 fully saturated rings. The Bertz CT molecular complexity index is 347. The van der Waals surface area contributed by atoms with Crippen molar-refractivity contribution in [1.29, 1.82) is 0 Å². The zero-order valence-electron chi connectivity index (χ0n) is 9.75. The number of rotatable bonds is 4. The number of nitrogens with one attached hydrogen (secondary N) is 1. The Hall–Kier alpha value is 0.1000. The van der Waals surface area contributed by atoms with Gasteiger partial charge in [0.15, 0.2) is 0 Å². The highest BCUT2D eigenvalue weighted by molar-refractivity contribution is 9.11. The molecule has 2 rings (SSSR count). The minimum absolute atomic E-state index is 0.454. The number of ether oxygens (including phenoxy) is 1. The van der Waals surface area contributed by atoms with Gasteiger partial charge >= 0.3 is 0 Å². The van der Waals surface area contributed by atoms with Gasteiger partial charge in [-0.3, -0.25) is 0 Å². The standard InChI is InChI=1S/C12H18BrNOS/c1-3-14-12(9-4-5-15-7-9)10-6-11(13)16-8(10)2/h6,9,12,14H,3-5,7H2,1-2H3. The highest BCUT2D eigenvalue weighted by Gasteiger charge is 2.28. The van der Waals surface area contributed by atoms with Crippen LogP contribution in [0.5, 0.6) is 0 Å². The second-order valence-corrected chi connectivity index (χ2v) is 6.86. The first kappa shape index (κ1) is 12.6. The average Bonchev–Trinajstić information content (AvgIpc) is 2.85. The fourth-order valence-corrected chi connectivity index (χ4v) is 4.09. The molecule has 16 heavy (non-hydrogen) atoms. The Balaban J connectivity index is 2.20. The van der Waals surface area contributed by atoms with Crippen LogP contribution in [0.4, 0.5) is 0 Å². The highest BCUT2D eigenvalue weighted by atomic mass is 79.9. The van der Waals surface area contributed by atoms with Crippen molar-refractivity contribution in [2.45, 2.75) is 26.3 Å². The first-order valence-electron chi connectivity index (χ1n) is 5.79. The number of hydrogen-bond acceptors (Lipinski definition) is 3. The van der Waals surface area contributed by atoms with Crippen molar-refractivity contribution in [3.63, 3.8) is 0 Å². The molecular formula is C12H18BrNOS. The molecule has 2 heterocycles. The fraction of sp³-hybridized carbons (Fsp3) is 0.667.